The Morgan fingerprint density at radius 2 is 1.89 bits per heavy atom. The van der Waals surface area contributed by atoms with Crippen LogP contribution in [0.4, 0.5) is 4.79 Å². The van der Waals surface area contributed by atoms with Crippen LogP contribution in [0.3, 0.4) is 0 Å². The fraction of sp³-hybridized carbons (Fsp3) is 0.846. The van der Waals surface area contributed by atoms with Gasteiger partial charge in [0.15, 0.2) is 0 Å². The van der Waals surface area contributed by atoms with Crippen molar-refractivity contribution >= 4 is 12.0 Å². The summed E-state index contributed by atoms with van der Waals surface area (Å²) in [5.41, 5.74) is -0.541. The van der Waals surface area contributed by atoms with Crippen molar-refractivity contribution in [3.8, 4) is 0 Å². The lowest BCUT2D eigenvalue weighted by atomic mass is 9.79. The monoisotopic (exact) mass is 256 g/mol. The van der Waals surface area contributed by atoms with E-state index in [0.717, 1.165) is 44.9 Å². The molecule has 0 aromatic carbocycles. The molecular formula is C13H24N2O3. The number of carboxylic acids is 1. The van der Waals surface area contributed by atoms with Crippen LogP contribution >= 0.6 is 0 Å². The molecular weight excluding hydrogens is 232 g/mol. The third-order valence-electron chi connectivity index (χ3n) is 3.49. The molecule has 0 atom stereocenters. The van der Waals surface area contributed by atoms with Crippen LogP contribution < -0.4 is 10.6 Å². The van der Waals surface area contributed by atoms with Crippen LogP contribution in [0.25, 0.3) is 0 Å². The van der Waals surface area contributed by atoms with Crippen molar-refractivity contribution in [1.82, 2.24) is 10.6 Å². The Morgan fingerprint density at radius 3 is 2.44 bits per heavy atom. The van der Waals surface area contributed by atoms with Crippen LogP contribution in [-0.4, -0.2) is 29.2 Å². The second kappa shape index (κ2) is 7.24. The van der Waals surface area contributed by atoms with Gasteiger partial charge in [-0.15, -0.1) is 0 Å². The Kier molecular flexibility index (Phi) is 5.95. The summed E-state index contributed by atoms with van der Waals surface area (Å²) in [4.78, 5) is 22.7. The molecule has 0 bridgehead atoms. The normalized spacial score (nSPS) is 18.1. The molecule has 0 heterocycles. The highest BCUT2D eigenvalue weighted by atomic mass is 16.4. The first kappa shape index (κ1) is 14.8. The third-order valence-corrected chi connectivity index (χ3v) is 3.49. The number of amides is 2. The number of nitrogens with one attached hydrogen (secondary N) is 2. The van der Waals surface area contributed by atoms with Gasteiger partial charge in [-0.3, -0.25) is 4.79 Å². The molecule has 0 radical (unpaired) electrons. The van der Waals surface area contributed by atoms with Gasteiger partial charge in [0.25, 0.3) is 0 Å². The van der Waals surface area contributed by atoms with Gasteiger partial charge >= 0.3 is 12.0 Å². The van der Waals surface area contributed by atoms with Crippen molar-refractivity contribution < 1.29 is 14.7 Å². The van der Waals surface area contributed by atoms with E-state index in [-0.39, 0.29) is 12.5 Å². The number of hydrogen-bond donors (Lipinski definition) is 3. The van der Waals surface area contributed by atoms with E-state index in [2.05, 4.69) is 17.6 Å². The van der Waals surface area contributed by atoms with Gasteiger partial charge in [0, 0.05) is 6.54 Å². The summed E-state index contributed by atoms with van der Waals surface area (Å²) in [5.74, 6) is -0.842. The predicted octanol–water partition coefficient (Wildman–Crippen LogP) is 2.26. The quantitative estimate of drug-likeness (QED) is 0.638. The van der Waals surface area contributed by atoms with Gasteiger partial charge in [0.05, 0.1) is 12.0 Å². The predicted molar refractivity (Wildman–Crippen MR) is 69.5 cm³/mol. The molecule has 1 saturated carbocycles. The Labute approximate surface area is 108 Å². The number of carbonyl (C=O) groups excluding carboxylic acids is 1. The summed E-state index contributed by atoms with van der Waals surface area (Å²) >= 11 is 0. The summed E-state index contributed by atoms with van der Waals surface area (Å²) in [6.45, 7) is 2.71. The Hall–Kier alpha value is -1.26. The van der Waals surface area contributed by atoms with Gasteiger partial charge < -0.3 is 15.7 Å². The highest BCUT2D eigenvalue weighted by Gasteiger charge is 2.35. The van der Waals surface area contributed by atoms with Crippen molar-refractivity contribution in [2.24, 2.45) is 0 Å². The number of unbranched alkanes of at least 4 members (excludes halogenated alkanes) is 1. The first-order valence-corrected chi connectivity index (χ1v) is 6.86. The molecule has 3 N–H and O–H groups in total. The molecule has 0 spiro atoms. The zero-order valence-electron chi connectivity index (χ0n) is 11.1. The maximum Gasteiger partial charge on any atom is 0.315 e. The average molecular weight is 256 g/mol. The molecule has 1 aliphatic rings. The topological polar surface area (TPSA) is 78.4 Å². The highest BCUT2D eigenvalue weighted by Crippen LogP contribution is 2.31. The van der Waals surface area contributed by atoms with E-state index in [9.17, 15) is 9.59 Å². The second-order valence-electron chi connectivity index (χ2n) is 5.15. The lowest BCUT2D eigenvalue weighted by Crippen LogP contribution is -2.54. The summed E-state index contributed by atoms with van der Waals surface area (Å²) < 4.78 is 0. The SMILES string of the molecule is CCCCNC(=O)NC1(CC(=O)O)CCCCC1. The van der Waals surface area contributed by atoms with Gasteiger partial charge in [-0.1, -0.05) is 32.6 Å². The zero-order chi connectivity index (χ0) is 13.4. The smallest absolute Gasteiger partial charge is 0.315 e. The van der Waals surface area contributed by atoms with Crippen LogP contribution in [0.1, 0.15) is 58.3 Å². The van der Waals surface area contributed by atoms with Crippen LogP contribution in [0.2, 0.25) is 0 Å². The lowest BCUT2D eigenvalue weighted by molar-refractivity contribution is -0.139. The molecule has 5 heteroatoms. The van der Waals surface area contributed by atoms with Crippen molar-refractivity contribution in [2.75, 3.05) is 6.54 Å². The van der Waals surface area contributed by atoms with Crippen molar-refractivity contribution in [3.63, 3.8) is 0 Å². The summed E-state index contributed by atoms with van der Waals surface area (Å²) in [6.07, 6.45) is 6.63. The number of rotatable bonds is 6. The van der Waals surface area contributed by atoms with E-state index in [1.807, 2.05) is 0 Å². The zero-order valence-corrected chi connectivity index (χ0v) is 11.1. The molecule has 2 amide bonds. The molecule has 1 rings (SSSR count). The Balaban J connectivity index is 2.49. The fourth-order valence-corrected chi connectivity index (χ4v) is 2.53. The fourth-order valence-electron chi connectivity index (χ4n) is 2.53. The van der Waals surface area contributed by atoms with Crippen molar-refractivity contribution in [2.45, 2.75) is 63.8 Å². The lowest BCUT2D eigenvalue weighted by Gasteiger charge is -2.36. The van der Waals surface area contributed by atoms with E-state index in [4.69, 9.17) is 5.11 Å². The summed E-state index contributed by atoms with van der Waals surface area (Å²) in [5, 5.41) is 14.7. The molecule has 0 aromatic heterocycles. The minimum Gasteiger partial charge on any atom is -0.481 e. The van der Waals surface area contributed by atoms with Crippen LogP contribution in [0.15, 0.2) is 0 Å². The summed E-state index contributed by atoms with van der Waals surface area (Å²) in [7, 11) is 0. The van der Waals surface area contributed by atoms with Gasteiger partial charge in [-0.05, 0) is 19.3 Å². The van der Waals surface area contributed by atoms with Gasteiger partial charge in [-0.2, -0.15) is 0 Å². The molecule has 0 saturated heterocycles. The first-order chi connectivity index (χ1) is 8.58. The largest absolute Gasteiger partial charge is 0.481 e. The number of urea groups is 1. The van der Waals surface area contributed by atoms with Gasteiger partial charge in [0.2, 0.25) is 0 Å². The highest BCUT2D eigenvalue weighted by molar-refractivity contribution is 5.76. The molecule has 18 heavy (non-hydrogen) atoms. The van der Waals surface area contributed by atoms with E-state index in [1.54, 1.807) is 0 Å². The Morgan fingerprint density at radius 1 is 1.22 bits per heavy atom. The van der Waals surface area contributed by atoms with Gasteiger partial charge in [0.1, 0.15) is 0 Å². The first-order valence-electron chi connectivity index (χ1n) is 6.86. The Bertz CT molecular complexity index is 286. The molecule has 0 aromatic rings. The number of aliphatic carboxylic acids is 1. The molecule has 0 unspecified atom stereocenters. The second-order valence-corrected chi connectivity index (χ2v) is 5.15. The minimum absolute atomic E-state index is 0.0220. The molecule has 5 nitrogen and oxygen atoms in total. The van der Waals surface area contributed by atoms with Crippen LogP contribution in [-0.2, 0) is 4.79 Å². The van der Waals surface area contributed by atoms with Crippen molar-refractivity contribution in [3.05, 3.63) is 0 Å². The van der Waals surface area contributed by atoms with E-state index in [0.29, 0.717) is 6.54 Å². The van der Waals surface area contributed by atoms with Crippen molar-refractivity contribution in [1.29, 1.82) is 0 Å². The number of carboxylic acid groups (broad SMARTS) is 1. The minimum atomic E-state index is -0.842. The van der Waals surface area contributed by atoms with E-state index >= 15 is 0 Å². The maximum absolute atomic E-state index is 11.8. The standard InChI is InChI=1S/C13H24N2O3/c1-2-3-9-14-12(18)15-13(10-11(16)17)7-5-4-6-8-13/h2-10H2,1H3,(H,16,17)(H2,14,15,18). The molecule has 1 aliphatic carbocycles. The number of hydrogen-bond acceptors (Lipinski definition) is 2. The third kappa shape index (κ3) is 4.94. The summed E-state index contributed by atoms with van der Waals surface area (Å²) in [6, 6.07) is -0.230. The molecule has 104 valence electrons. The average Bonchev–Trinajstić information content (AvgIpc) is 2.29. The van der Waals surface area contributed by atoms with Crippen LogP contribution in [0, 0.1) is 0 Å². The maximum atomic E-state index is 11.8. The van der Waals surface area contributed by atoms with Gasteiger partial charge in [-0.25, -0.2) is 4.79 Å². The molecule has 1 fully saturated rings. The molecule has 0 aliphatic heterocycles. The van der Waals surface area contributed by atoms with E-state index in [1.165, 1.54) is 0 Å². The van der Waals surface area contributed by atoms with E-state index < -0.39 is 11.5 Å². The number of carbonyl (C=O) groups is 2. The van der Waals surface area contributed by atoms with Crippen LogP contribution in [0.5, 0.6) is 0 Å².